The molecule has 0 unspecified atom stereocenters. The van der Waals surface area contributed by atoms with Crippen LogP contribution in [0.3, 0.4) is 0 Å². The molecule has 6 nitrogen and oxygen atoms in total. The molecule has 1 aromatic heterocycles. The third-order valence-corrected chi connectivity index (χ3v) is 5.95. The molecule has 0 saturated carbocycles. The second-order valence-electron chi connectivity index (χ2n) is 6.05. The highest BCUT2D eigenvalue weighted by atomic mass is 35.5. The van der Waals surface area contributed by atoms with E-state index >= 15 is 0 Å². The van der Waals surface area contributed by atoms with Gasteiger partial charge in [0.2, 0.25) is 15.9 Å². The minimum Gasteiger partial charge on any atom is -0.309 e. The number of anilines is 1. The molecule has 140 valence electrons. The standard InChI is InChI=1S/C17H19Cl2N3O3S/c1-10(2)15(17(23)21-14-9-4-6-11(3)20-14)22-26(24,25)16-12(18)7-5-8-13(16)19/h4-10,15,22H,1-3H3,(H,20,21,23)/t15-/m0/s1. The number of nitrogens with one attached hydrogen (secondary N) is 2. The number of carbonyl (C=O) groups is 1. The van der Waals surface area contributed by atoms with Crippen LogP contribution in [-0.2, 0) is 14.8 Å². The number of rotatable bonds is 6. The summed E-state index contributed by atoms with van der Waals surface area (Å²) >= 11 is 12.0. The predicted molar refractivity (Wildman–Crippen MR) is 103 cm³/mol. The van der Waals surface area contributed by atoms with Crippen LogP contribution in [0.2, 0.25) is 10.0 Å². The number of pyridine rings is 1. The normalized spacial score (nSPS) is 12.8. The Bertz CT molecular complexity index is 897. The molecule has 26 heavy (non-hydrogen) atoms. The summed E-state index contributed by atoms with van der Waals surface area (Å²) in [6.07, 6.45) is 0. The van der Waals surface area contributed by atoms with Crippen molar-refractivity contribution in [3.8, 4) is 0 Å². The first kappa shape index (κ1) is 20.6. The van der Waals surface area contributed by atoms with Crippen LogP contribution < -0.4 is 10.0 Å². The number of halogens is 2. The van der Waals surface area contributed by atoms with Crippen molar-refractivity contribution in [1.29, 1.82) is 0 Å². The van der Waals surface area contributed by atoms with Gasteiger partial charge in [-0.05, 0) is 37.1 Å². The number of carbonyl (C=O) groups excluding carboxylic acids is 1. The summed E-state index contributed by atoms with van der Waals surface area (Å²) in [5.74, 6) is -0.503. The molecule has 0 aliphatic rings. The van der Waals surface area contributed by atoms with Crippen molar-refractivity contribution in [3.05, 3.63) is 52.1 Å². The number of hydrogen-bond donors (Lipinski definition) is 2. The largest absolute Gasteiger partial charge is 0.309 e. The Balaban J connectivity index is 2.28. The van der Waals surface area contributed by atoms with Gasteiger partial charge in [0.25, 0.3) is 0 Å². The number of sulfonamides is 1. The van der Waals surface area contributed by atoms with Gasteiger partial charge in [-0.3, -0.25) is 4.79 Å². The monoisotopic (exact) mass is 415 g/mol. The zero-order chi connectivity index (χ0) is 19.5. The molecule has 1 amide bonds. The van der Waals surface area contributed by atoms with Gasteiger partial charge in [-0.1, -0.05) is 49.2 Å². The van der Waals surface area contributed by atoms with Gasteiger partial charge in [0.15, 0.2) is 0 Å². The smallest absolute Gasteiger partial charge is 0.244 e. The van der Waals surface area contributed by atoms with Crippen LogP contribution in [0.1, 0.15) is 19.5 Å². The fraction of sp³-hybridized carbons (Fsp3) is 0.294. The Morgan fingerprint density at radius 1 is 1.08 bits per heavy atom. The second-order valence-corrected chi connectivity index (χ2v) is 8.51. The molecule has 0 saturated heterocycles. The van der Waals surface area contributed by atoms with E-state index < -0.39 is 22.0 Å². The summed E-state index contributed by atoms with van der Waals surface area (Å²) in [7, 11) is -4.11. The van der Waals surface area contributed by atoms with Gasteiger partial charge >= 0.3 is 0 Å². The number of aryl methyl sites for hydroxylation is 1. The topological polar surface area (TPSA) is 88.2 Å². The lowest BCUT2D eigenvalue weighted by Gasteiger charge is -2.22. The number of benzene rings is 1. The van der Waals surface area contributed by atoms with Crippen molar-refractivity contribution < 1.29 is 13.2 Å². The van der Waals surface area contributed by atoms with E-state index in [1.165, 1.54) is 12.1 Å². The molecule has 0 fully saturated rings. The molecule has 2 N–H and O–H groups in total. The third-order valence-electron chi connectivity index (χ3n) is 3.56. The highest BCUT2D eigenvalue weighted by Crippen LogP contribution is 2.29. The molecule has 1 aromatic carbocycles. The average molecular weight is 416 g/mol. The van der Waals surface area contributed by atoms with E-state index in [1.54, 1.807) is 45.0 Å². The van der Waals surface area contributed by atoms with Gasteiger partial charge in [0.05, 0.1) is 10.0 Å². The van der Waals surface area contributed by atoms with Crippen LogP contribution in [0.25, 0.3) is 0 Å². The van der Waals surface area contributed by atoms with E-state index in [0.29, 0.717) is 5.82 Å². The summed E-state index contributed by atoms with van der Waals surface area (Å²) in [6, 6.07) is 8.51. The first-order valence-corrected chi connectivity index (χ1v) is 10.1. The zero-order valence-electron chi connectivity index (χ0n) is 14.5. The Hall–Kier alpha value is -1.67. The van der Waals surface area contributed by atoms with Crippen molar-refractivity contribution in [3.63, 3.8) is 0 Å². The maximum Gasteiger partial charge on any atom is 0.244 e. The van der Waals surface area contributed by atoms with Gasteiger partial charge in [0, 0.05) is 5.69 Å². The Labute approximate surface area is 163 Å². The number of nitrogens with zero attached hydrogens (tertiary/aromatic N) is 1. The van der Waals surface area contributed by atoms with Gasteiger partial charge < -0.3 is 5.32 Å². The zero-order valence-corrected chi connectivity index (χ0v) is 16.8. The summed E-state index contributed by atoms with van der Waals surface area (Å²) in [5.41, 5.74) is 0.729. The van der Waals surface area contributed by atoms with Crippen molar-refractivity contribution in [2.24, 2.45) is 5.92 Å². The van der Waals surface area contributed by atoms with Crippen molar-refractivity contribution in [1.82, 2.24) is 9.71 Å². The fourth-order valence-corrected chi connectivity index (χ4v) is 4.76. The Morgan fingerprint density at radius 3 is 2.19 bits per heavy atom. The van der Waals surface area contributed by atoms with E-state index in [-0.39, 0.29) is 20.9 Å². The first-order chi connectivity index (χ1) is 12.1. The van der Waals surface area contributed by atoms with Crippen LogP contribution in [0.4, 0.5) is 5.82 Å². The minimum absolute atomic E-state index is 0.0201. The molecular formula is C17H19Cl2N3O3S. The highest BCUT2D eigenvalue weighted by Gasteiger charge is 2.31. The lowest BCUT2D eigenvalue weighted by atomic mass is 10.1. The van der Waals surface area contributed by atoms with Crippen molar-refractivity contribution >= 4 is 45.0 Å². The van der Waals surface area contributed by atoms with Gasteiger partial charge in [0.1, 0.15) is 16.8 Å². The lowest BCUT2D eigenvalue weighted by molar-refractivity contribution is -0.118. The van der Waals surface area contributed by atoms with Crippen molar-refractivity contribution in [2.75, 3.05) is 5.32 Å². The van der Waals surface area contributed by atoms with Crippen LogP contribution in [0.15, 0.2) is 41.3 Å². The van der Waals surface area contributed by atoms with E-state index in [9.17, 15) is 13.2 Å². The molecule has 0 aliphatic heterocycles. The summed E-state index contributed by atoms with van der Waals surface area (Å²) in [4.78, 5) is 16.5. The van der Waals surface area contributed by atoms with Gasteiger partial charge in [-0.2, -0.15) is 4.72 Å². The van der Waals surface area contributed by atoms with Crippen molar-refractivity contribution in [2.45, 2.75) is 31.7 Å². The molecular weight excluding hydrogens is 397 g/mol. The molecule has 2 rings (SSSR count). The number of amides is 1. The maximum atomic E-state index is 12.7. The molecule has 1 atom stereocenters. The lowest BCUT2D eigenvalue weighted by Crippen LogP contribution is -2.47. The number of hydrogen-bond acceptors (Lipinski definition) is 4. The maximum absolute atomic E-state index is 12.7. The average Bonchev–Trinajstić information content (AvgIpc) is 2.52. The molecule has 2 aromatic rings. The molecule has 0 radical (unpaired) electrons. The van der Waals surface area contributed by atoms with E-state index in [0.717, 1.165) is 5.69 Å². The van der Waals surface area contributed by atoms with Crippen LogP contribution in [-0.4, -0.2) is 25.4 Å². The van der Waals surface area contributed by atoms with Crippen LogP contribution in [0.5, 0.6) is 0 Å². The van der Waals surface area contributed by atoms with E-state index in [2.05, 4.69) is 15.0 Å². The predicted octanol–water partition coefficient (Wildman–Crippen LogP) is 3.64. The van der Waals surface area contributed by atoms with Crippen LogP contribution >= 0.6 is 23.2 Å². The van der Waals surface area contributed by atoms with Gasteiger partial charge in [-0.25, -0.2) is 13.4 Å². The summed E-state index contributed by atoms with van der Waals surface area (Å²) < 4.78 is 27.8. The Morgan fingerprint density at radius 2 is 1.65 bits per heavy atom. The molecule has 9 heteroatoms. The molecule has 0 aliphatic carbocycles. The van der Waals surface area contributed by atoms with E-state index in [1.807, 2.05) is 0 Å². The van der Waals surface area contributed by atoms with Gasteiger partial charge in [-0.15, -0.1) is 0 Å². The summed E-state index contributed by atoms with van der Waals surface area (Å²) in [5, 5.41) is 2.58. The molecule has 0 bridgehead atoms. The fourth-order valence-electron chi connectivity index (χ4n) is 2.27. The number of aromatic nitrogens is 1. The molecule has 0 spiro atoms. The Kier molecular flexibility index (Phi) is 6.63. The SMILES string of the molecule is Cc1cccc(NC(=O)[C@@H](NS(=O)(=O)c2c(Cl)cccc2Cl)C(C)C)n1. The first-order valence-electron chi connectivity index (χ1n) is 7.82. The van der Waals surface area contributed by atoms with E-state index in [4.69, 9.17) is 23.2 Å². The summed E-state index contributed by atoms with van der Waals surface area (Å²) in [6.45, 7) is 5.24. The highest BCUT2D eigenvalue weighted by molar-refractivity contribution is 7.89. The van der Waals surface area contributed by atoms with Crippen LogP contribution in [0, 0.1) is 12.8 Å². The minimum atomic E-state index is -4.11. The second kappa shape index (κ2) is 8.35. The quantitative estimate of drug-likeness (QED) is 0.753. The molecule has 1 heterocycles. The third kappa shape index (κ3) is 4.94.